The maximum absolute atomic E-state index is 13.5. The van der Waals surface area contributed by atoms with Crippen LogP contribution in [0.1, 0.15) is 17.2 Å². The fraction of sp³-hybridized carbons (Fsp3) is 0.200. The van der Waals surface area contributed by atoms with E-state index in [0.717, 1.165) is 11.6 Å². The van der Waals surface area contributed by atoms with E-state index < -0.39 is 27.5 Å². The highest BCUT2D eigenvalue weighted by atomic mass is 32.2. The molecule has 0 aliphatic heterocycles. The lowest BCUT2D eigenvalue weighted by molar-refractivity contribution is 0.201. The van der Waals surface area contributed by atoms with Crippen molar-refractivity contribution < 1.29 is 17.9 Å². The highest BCUT2D eigenvalue weighted by molar-refractivity contribution is 7.91. The molecule has 1 unspecified atom stereocenters. The van der Waals surface area contributed by atoms with Gasteiger partial charge in [0.1, 0.15) is 10.7 Å². The van der Waals surface area contributed by atoms with Gasteiger partial charge in [0.15, 0.2) is 9.84 Å². The molecule has 0 fully saturated rings. The fourth-order valence-corrected chi connectivity index (χ4v) is 3.32. The monoisotopic (exact) mass is 294 g/mol. The van der Waals surface area contributed by atoms with Gasteiger partial charge in [0.25, 0.3) is 0 Å². The van der Waals surface area contributed by atoms with Crippen LogP contribution in [0.15, 0.2) is 53.4 Å². The van der Waals surface area contributed by atoms with Crippen LogP contribution in [-0.4, -0.2) is 19.3 Å². The highest BCUT2D eigenvalue weighted by Gasteiger charge is 2.23. The molecule has 0 saturated carbocycles. The minimum atomic E-state index is -3.87. The van der Waals surface area contributed by atoms with E-state index in [9.17, 15) is 17.9 Å². The van der Waals surface area contributed by atoms with Gasteiger partial charge in [-0.25, -0.2) is 12.8 Å². The lowest BCUT2D eigenvalue weighted by Gasteiger charge is -2.12. The van der Waals surface area contributed by atoms with E-state index in [2.05, 4.69) is 0 Å². The van der Waals surface area contributed by atoms with Crippen molar-refractivity contribution in [1.82, 2.24) is 0 Å². The summed E-state index contributed by atoms with van der Waals surface area (Å²) in [6.07, 6.45) is -1.18. The SMILES string of the molecule is Cc1ccc(C(O)CS(=O)(=O)c2ccccc2F)cc1. The summed E-state index contributed by atoms with van der Waals surface area (Å²) in [5.74, 6) is -1.35. The normalized spacial score (nSPS) is 13.2. The number of halogens is 1. The van der Waals surface area contributed by atoms with Crippen molar-refractivity contribution in [2.75, 3.05) is 5.75 Å². The molecule has 0 aliphatic rings. The van der Waals surface area contributed by atoms with Crippen molar-refractivity contribution in [2.45, 2.75) is 17.9 Å². The summed E-state index contributed by atoms with van der Waals surface area (Å²) in [6, 6.07) is 12.1. The summed E-state index contributed by atoms with van der Waals surface area (Å²) < 4.78 is 37.7. The van der Waals surface area contributed by atoms with Crippen molar-refractivity contribution in [1.29, 1.82) is 0 Å². The van der Waals surface area contributed by atoms with E-state index in [-0.39, 0.29) is 4.90 Å². The number of aryl methyl sites for hydroxylation is 1. The number of benzene rings is 2. The molecule has 0 saturated heterocycles. The Bertz CT molecular complexity index is 693. The molecule has 20 heavy (non-hydrogen) atoms. The predicted octanol–water partition coefficient (Wildman–Crippen LogP) is 2.64. The van der Waals surface area contributed by atoms with Gasteiger partial charge in [-0.15, -0.1) is 0 Å². The van der Waals surface area contributed by atoms with Gasteiger partial charge in [-0.2, -0.15) is 0 Å². The van der Waals surface area contributed by atoms with E-state index in [1.807, 2.05) is 6.92 Å². The van der Waals surface area contributed by atoms with Crippen LogP contribution in [0.5, 0.6) is 0 Å². The molecule has 2 aromatic carbocycles. The fourth-order valence-electron chi connectivity index (χ4n) is 1.88. The third-order valence-electron chi connectivity index (χ3n) is 3.01. The van der Waals surface area contributed by atoms with Crippen molar-refractivity contribution >= 4 is 9.84 Å². The molecular weight excluding hydrogens is 279 g/mol. The first-order chi connectivity index (χ1) is 9.40. The summed E-state index contributed by atoms with van der Waals surface area (Å²) in [4.78, 5) is -0.383. The summed E-state index contributed by atoms with van der Waals surface area (Å²) in [5, 5.41) is 10.00. The zero-order chi connectivity index (χ0) is 14.8. The molecule has 2 aromatic rings. The van der Waals surface area contributed by atoms with Gasteiger partial charge in [0.2, 0.25) is 0 Å². The number of aliphatic hydroxyl groups is 1. The molecule has 1 N–H and O–H groups in total. The van der Waals surface area contributed by atoms with Gasteiger partial charge in [0.05, 0.1) is 11.9 Å². The molecule has 0 aliphatic carbocycles. The van der Waals surface area contributed by atoms with Gasteiger partial charge in [-0.3, -0.25) is 0 Å². The Morgan fingerprint density at radius 1 is 1.10 bits per heavy atom. The Labute approximate surface area is 117 Å². The highest BCUT2D eigenvalue weighted by Crippen LogP contribution is 2.22. The second-order valence-electron chi connectivity index (χ2n) is 4.64. The van der Waals surface area contributed by atoms with Crippen molar-refractivity contribution in [3.63, 3.8) is 0 Å². The van der Waals surface area contributed by atoms with Gasteiger partial charge in [-0.1, -0.05) is 42.0 Å². The van der Waals surface area contributed by atoms with Crippen LogP contribution in [0.3, 0.4) is 0 Å². The Morgan fingerprint density at radius 3 is 2.30 bits per heavy atom. The van der Waals surface area contributed by atoms with Gasteiger partial charge < -0.3 is 5.11 Å². The number of hydrogen-bond donors (Lipinski definition) is 1. The molecule has 3 nitrogen and oxygen atoms in total. The van der Waals surface area contributed by atoms with E-state index in [1.54, 1.807) is 24.3 Å². The minimum Gasteiger partial charge on any atom is -0.387 e. The smallest absolute Gasteiger partial charge is 0.184 e. The van der Waals surface area contributed by atoms with Gasteiger partial charge >= 0.3 is 0 Å². The molecular formula is C15H15FO3S. The van der Waals surface area contributed by atoms with Crippen LogP contribution in [0.4, 0.5) is 4.39 Å². The first-order valence-electron chi connectivity index (χ1n) is 6.12. The van der Waals surface area contributed by atoms with Crippen molar-refractivity contribution in [2.24, 2.45) is 0 Å². The third-order valence-corrected chi connectivity index (χ3v) is 4.77. The standard InChI is InChI=1S/C15H15FO3S/c1-11-6-8-12(9-7-11)14(17)10-20(18,19)15-5-3-2-4-13(15)16/h2-9,14,17H,10H2,1H3. The van der Waals surface area contributed by atoms with Crippen molar-refractivity contribution in [3.05, 3.63) is 65.5 Å². The second-order valence-corrected chi connectivity index (χ2v) is 6.64. The van der Waals surface area contributed by atoms with Crippen LogP contribution in [-0.2, 0) is 9.84 Å². The summed E-state index contributed by atoms with van der Waals surface area (Å²) in [7, 11) is -3.87. The zero-order valence-electron chi connectivity index (χ0n) is 11.0. The van der Waals surface area contributed by atoms with Gasteiger partial charge in [0, 0.05) is 0 Å². The molecule has 0 spiro atoms. The van der Waals surface area contributed by atoms with Crippen LogP contribution in [0.2, 0.25) is 0 Å². The van der Waals surface area contributed by atoms with E-state index in [0.29, 0.717) is 5.56 Å². The topological polar surface area (TPSA) is 54.4 Å². The molecule has 0 aromatic heterocycles. The maximum Gasteiger partial charge on any atom is 0.184 e. The van der Waals surface area contributed by atoms with Crippen LogP contribution in [0.25, 0.3) is 0 Å². The Hall–Kier alpha value is -1.72. The van der Waals surface area contributed by atoms with Crippen LogP contribution < -0.4 is 0 Å². The summed E-state index contributed by atoms with van der Waals surface area (Å²) in [5.41, 5.74) is 1.51. The number of aliphatic hydroxyl groups excluding tert-OH is 1. The predicted molar refractivity (Wildman–Crippen MR) is 74.6 cm³/mol. The summed E-state index contributed by atoms with van der Waals surface area (Å²) >= 11 is 0. The van der Waals surface area contributed by atoms with E-state index >= 15 is 0 Å². The molecule has 1 atom stereocenters. The average Bonchev–Trinajstić information content (AvgIpc) is 2.39. The van der Waals surface area contributed by atoms with Crippen molar-refractivity contribution in [3.8, 4) is 0 Å². The van der Waals surface area contributed by atoms with Crippen LogP contribution >= 0.6 is 0 Å². The van der Waals surface area contributed by atoms with Gasteiger partial charge in [-0.05, 0) is 24.6 Å². The average molecular weight is 294 g/mol. The largest absolute Gasteiger partial charge is 0.387 e. The maximum atomic E-state index is 13.5. The number of hydrogen-bond acceptors (Lipinski definition) is 3. The molecule has 106 valence electrons. The third kappa shape index (κ3) is 3.23. The summed E-state index contributed by atoms with van der Waals surface area (Å²) in [6.45, 7) is 1.90. The number of rotatable bonds is 4. The Balaban J connectivity index is 2.24. The first kappa shape index (κ1) is 14.7. The Kier molecular flexibility index (Phi) is 4.20. The molecule has 2 rings (SSSR count). The van der Waals surface area contributed by atoms with E-state index in [1.165, 1.54) is 18.2 Å². The van der Waals surface area contributed by atoms with E-state index in [4.69, 9.17) is 0 Å². The lowest BCUT2D eigenvalue weighted by atomic mass is 10.1. The first-order valence-corrected chi connectivity index (χ1v) is 7.77. The molecule has 5 heteroatoms. The Morgan fingerprint density at radius 2 is 1.70 bits per heavy atom. The molecule has 0 amide bonds. The van der Waals surface area contributed by atoms with Crippen LogP contribution in [0, 0.1) is 12.7 Å². The minimum absolute atomic E-state index is 0.383. The second kappa shape index (κ2) is 5.73. The number of sulfone groups is 1. The lowest BCUT2D eigenvalue weighted by Crippen LogP contribution is -2.16. The quantitative estimate of drug-likeness (QED) is 0.943. The zero-order valence-corrected chi connectivity index (χ0v) is 11.8. The molecule has 0 radical (unpaired) electrons. The molecule has 0 heterocycles. The molecule has 0 bridgehead atoms.